The SMILES string of the molecule is COC(CN)CC(=O)NC1CC(c2ccccc2)C1. The van der Waals surface area contributed by atoms with E-state index in [4.69, 9.17) is 10.5 Å². The molecule has 3 N–H and O–H groups in total. The molecule has 0 bridgehead atoms. The molecule has 2 rings (SSSR count). The molecule has 1 aliphatic carbocycles. The van der Waals surface area contributed by atoms with Crippen LogP contribution in [0.1, 0.15) is 30.7 Å². The molecule has 0 saturated heterocycles. The van der Waals surface area contributed by atoms with Gasteiger partial charge in [-0.25, -0.2) is 0 Å². The first-order chi connectivity index (χ1) is 9.22. The van der Waals surface area contributed by atoms with Gasteiger partial charge in [-0.3, -0.25) is 4.79 Å². The molecule has 0 spiro atoms. The minimum atomic E-state index is -0.176. The van der Waals surface area contributed by atoms with Crippen LogP contribution in [0.2, 0.25) is 0 Å². The van der Waals surface area contributed by atoms with Crippen LogP contribution < -0.4 is 11.1 Å². The molecule has 19 heavy (non-hydrogen) atoms. The first-order valence-corrected chi connectivity index (χ1v) is 6.80. The predicted molar refractivity (Wildman–Crippen MR) is 74.8 cm³/mol. The van der Waals surface area contributed by atoms with E-state index in [1.807, 2.05) is 6.07 Å². The topological polar surface area (TPSA) is 64.3 Å². The maximum Gasteiger partial charge on any atom is 0.222 e. The van der Waals surface area contributed by atoms with E-state index < -0.39 is 0 Å². The maximum atomic E-state index is 11.8. The van der Waals surface area contributed by atoms with Crippen molar-refractivity contribution in [2.75, 3.05) is 13.7 Å². The molecule has 1 aliphatic rings. The molecule has 0 aromatic heterocycles. The highest BCUT2D eigenvalue weighted by atomic mass is 16.5. The summed E-state index contributed by atoms with van der Waals surface area (Å²) in [6.45, 7) is 0.376. The fourth-order valence-electron chi connectivity index (χ4n) is 2.49. The Kier molecular flexibility index (Phi) is 4.93. The van der Waals surface area contributed by atoms with Gasteiger partial charge in [0.15, 0.2) is 0 Å². The highest BCUT2D eigenvalue weighted by Crippen LogP contribution is 2.36. The molecule has 0 radical (unpaired) electrons. The summed E-state index contributed by atoms with van der Waals surface area (Å²) in [5, 5.41) is 3.04. The van der Waals surface area contributed by atoms with Crippen molar-refractivity contribution in [3.05, 3.63) is 35.9 Å². The van der Waals surface area contributed by atoms with E-state index in [1.54, 1.807) is 7.11 Å². The molecule has 0 heterocycles. The second-order valence-electron chi connectivity index (χ2n) is 5.14. The Morgan fingerprint density at radius 3 is 2.68 bits per heavy atom. The summed E-state index contributed by atoms with van der Waals surface area (Å²) >= 11 is 0. The van der Waals surface area contributed by atoms with E-state index in [2.05, 4.69) is 29.6 Å². The Labute approximate surface area is 114 Å². The number of amides is 1. The Morgan fingerprint density at radius 2 is 2.11 bits per heavy atom. The van der Waals surface area contributed by atoms with Crippen LogP contribution in [0.3, 0.4) is 0 Å². The van der Waals surface area contributed by atoms with E-state index >= 15 is 0 Å². The Balaban J connectivity index is 1.71. The van der Waals surface area contributed by atoms with Gasteiger partial charge in [-0.1, -0.05) is 30.3 Å². The lowest BCUT2D eigenvalue weighted by atomic mass is 9.76. The summed E-state index contributed by atoms with van der Waals surface area (Å²) < 4.78 is 5.11. The highest BCUT2D eigenvalue weighted by Gasteiger charge is 2.31. The normalized spacial score (nSPS) is 23.5. The highest BCUT2D eigenvalue weighted by molar-refractivity contribution is 5.77. The van der Waals surface area contributed by atoms with E-state index in [9.17, 15) is 4.79 Å². The summed E-state index contributed by atoms with van der Waals surface area (Å²) in [4.78, 5) is 11.8. The van der Waals surface area contributed by atoms with E-state index in [0.29, 0.717) is 24.9 Å². The third kappa shape index (κ3) is 3.78. The van der Waals surface area contributed by atoms with Gasteiger partial charge >= 0.3 is 0 Å². The standard InChI is InChI=1S/C15H22N2O2/c1-19-14(10-16)9-15(18)17-13-7-12(8-13)11-5-3-2-4-6-11/h2-6,12-14H,7-10,16H2,1H3,(H,17,18). The third-order valence-corrected chi connectivity index (χ3v) is 3.78. The van der Waals surface area contributed by atoms with Crippen LogP contribution in [0.5, 0.6) is 0 Å². The molecule has 1 saturated carbocycles. The zero-order chi connectivity index (χ0) is 13.7. The molecule has 1 amide bonds. The second kappa shape index (κ2) is 6.68. The number of hydrogen-bond acceptors (Lipinski definition) is 3. The molecule has 0 aliphatic heterocycles. The Morgan fingerprint density at radius 1 is 1.42 bits per heavy atom. The number of methoxy groups -OCH3 is 1. The van der Waals surface area contributed by atoms with E-state index in [-0.39, 0.29) is 12.0 Å². The minimum Gasteiger partial charge on any atom is -0.380 e. The third-order valence-electron chi connectivity index (χ3n) is 3.78. The number of benzene rings is 1. The van der Waals surface area contributed by atoms with Crippen LogP contribution in [-0.2, 0) is 9.53 Å². The lowest BCUT2D eigenvalue weighted by Crippen LogP contribution is -2.44. The van der Waals surface area contributed by atoms with Crippen LogP contribution in [0.15, 0.2) is 30.3 Å². The Bertz CT molecular complexity index is 398. The molecule has 1 aromatic carbocycles. The summed E-state index contributed by atoms with van der Waals surface area (Å²) in [5.41, 5.74) is 6.87. The van der Waals surface area contributed by atoms with Gasteiger partial charge in [-0.2, -0.15) is 0 Å². The van der Waals surface area contributed by atoms with Crippen molar-refractivity contribution in [3.8, 4) is 0 Å². The van der Waals surface area contributed by atoms with Gasteiger partial charge in [0.25, 0.3) is 0 Å². The number of nitrogens with one attached hydrogen (secondary N) is 1. The zero-order valence-corrected chi connectivity index (χ0v) is 11.3. The number of carbonyl (C=O) groups is 1. The summed E-state index contributed by atoms with van der Waals surface area (Å²) in [6.07, 6.45) is 2.22. The van der Waals surface area contributed by atoms with Gasteiger partial charge in [-0.15, -0.1) is 0 Å². The average molecular weight is 262 g/mol. The molecule has 104 valence electrons. The van der Waals surface area contributed by atoms with Crippen LogP contribution in [0.4, 0.5) is 0 Å². The molecule has 4 heteroatoms. The largest absolute Gasteiger partial charge is 0.380 e. The molecular formula is C15H22N2O2. The zero-order valence-electron chi connectivity index (χ0n) is 11.3. The quantitative estimate of drug-likeness (QED) is 0.814. The number of rotatable bonds is 6. The number of carbonyl (C=O) groups excluding carboxylic acids is 1. The molecule has 1 aromatic rings. The van der Waals surface area contributed by atoms with Crippen molar-refractivity contribution >= 4 is 5.91 Å². The van der Waals surface area contributed by atoms with E-state index in [0.717, 1.165) is 12.8 Å². The monoisotopic (exact) mass is 262 g/mol. The lowest BCUT2D eigenvalue weighted by molar-refractivity contribution is -0.124. The fourth-order valence-corrected chi connectivity index (χ4v) is 2.49. The predicted octanol–water partition coefficient (Wildman–Crippen LogP) is 1.41. The molecule has 4 nitrogen and oxygen atoms in total. The van der Waals surface area contributed by atoms with Gasteiger partial charge < -0.3 is 15.8 Å². The summed E-state index contributed by atoms with van der Waals surface area (Å²) in [5.74, 6) is 0.619. The number of hydrogen-bond donors (Lipinski definition) is 2. The average Bonchev–Trinajstić information content (AvgIpc) is 2.40. The van der Waals surface area contributed by atoms with Gasteiger partial charge in [0, 0.05) is 19.7 Å². The summed E-state index contributed by atoms with van der Waals surface area (Å²) in [6, 6.07) is 10.8. The van der Waals surface area contributed by atoms with Gasteiger partial charge in [0.05, 0.1) is 12.5 Å². The van der Waals surface area contributed by atoms with Crippen molar-refractivity contribution < 1.29 is 9.53 Å². The second-order valence-corrected chi connectivity index (χ2v) is 5.14. The number of nitrogens with two attached hydrogens (primary N) is 1. The van der Waals surface area contributed by atoms with Crippen LogP contribution in [-0.4, -0.2) is 31.7 Å². The summed E-state index contributed by atoms with van der Waals surface area (Å²) in [7, 11) is 1.58. The van der Waals surface area contributed by atoms with Crippen molar-refractivity contribution in [2.45, 2.75) is 37.3 Å². The molecular weight excluding hydrogens is 240 g/mol. The van der Waals surface area contributed by atoms with Crippen molar-refractivity contribution in [1.29, 1.82) is 0 Å². The van der Waals surface area contributed by atoms with Gasteiger partial charge in [0.1, 0.15) is 0 Å². The van der Waals surface area contributed by atoms with Crippen LogP contribution in [0.25, 0.3) is 0 Å². The maximum absolute atomic E-state index is 11.8. The van der Waals surface area contributed by atoms with Crippen molar-refractivity contribution in [1.82, 2.24) is 5.32 Å². The molecule has 1 unspecified atom stereocenters. The molecule has 1 fully saturated rings. The Hall–Kier alpha value is -1.39. The first kappa shape index (κ1) is 14.0. The van der Waals surface area contributed by atoms with Gasteiger partial charge in [0.2, 0.25) is 5.91 Å². The van der Waals surface area contributed by atoms with Crippen molar-refractivity contribution in [3.63, 3.8) is 0 Å². The van der Waals surface area contributed by atoms with Gasteiger partial charge in [-0.05, 0) is 24.3 Å². The minimum absolute atomic E-state index is 0.0359. The van der Waals surface area contributed by atoms with E-state index in [1.165, 1.54) is 5.56 Å². The molecule has 1 atom stereocenters. The smallest absolute Gasteiger partial charge is 0.222 e. The van der Waals surface area contributed by atoms with Crippen LogP contribution >= 0.6 is 0 Å². The lowest BCUT2D eigenvalue weighted by Gasteiger charge is -2.36. The fraction of sp³-hybridized carbons (Fsp3) is 0.533. The van der Waals surface area contributed by atoms with Crippen molar-refractivity contribution in [2.24, 2.45) is 5.73 Å². The van der Waals surface area contributed by atoms with Crippen LogP contribution in [0, 0.1) is 0 Å². The number of ether oxygens (including phenoxy) is 1. The first-order valence-electron chi connectivity index (χ1n) is 6.80.